The van der Waals surface area contributed by atoms with E-state index in [4.69, 9.17) is 9.15 Å². The summed E-state index contributed by atoms with van der Waals surface area (Å²) in [6.07, 6.45) is 5.17. The fraction of sp³-hybridized carbons (Fsp3) is 0.421. The number of nitro benzene ring substituents is 1. The minimum absolute atomic E-state index is 0. The van der Waals surface area contributed by atoms with Gasteiger partial charge in [-0.2, -0.15) is 0 Å². The molecule has 8 nitrogen and oxygen atoms in total. The lowest BCUT2D eigenvalue weighted by atomic mass is 10.1. The number of halogens is 1. The summed E-state index contributed by atoms with van der Waals surface area (Å²) in [5.74, 6) is 1.47. The number of non-ortho nitro benzene ring substituents is 1. The average molecular weight is 500 g/mol. The summed E-state index contributed by atoms with van der Waals surface area (Å²) >= 11 is 0. The van der Waals surface area contributed by atoms with Crippen molar-refractivity contribution in [3.63, 3.8) is 0 Å². The molecule has 0 saturated carbocycles. The molecule has 0 radical (unpaired) electrons. The Morgan fingerprint density at radius 3 is 2.68 bits per heavy atom. The third-order valence-corrected chi connectivity index (χ3v) is 4.35. The number of aliphatic imine (C=N–C) groups is 1. The van der Waals surface area contributed by atoms with Gasteiger partial charge in [-0.15, -0.1) is 24.0 Å². The van der Waals surface area contributed by atoms with Crippen LogP contribution in [0, 0.1) is 10.1 Å². The summed E-state index contributed by atoms with van der Waals surface area (Å²) in [6, 6.07) is 10.2. The Labute approximate surface area is 180 Å². The molecule has 0 aliphatic carbocycles. The van der Waals surface area contributed by atoms with E-state index < -0.39 is 4.92 Å². The second-order valence-corrected chi connectivity index (χ2v) is 6.39. The van der Waals surface area contributed by atoms with Crippen LogP contribution in [0.25, 0.3) is 0 Å². The van der Waals surface area contributed by atoms with Gasteiger partial charge in [0.1, 0.15) is 5.76 Å². The van der Waals surface area contributed by atoms with Crippen molar-refractivity contribution < 1.29 is 14.1 Å². The van der Waals surface area contributed by atoms with Gasteiger partial charge in [-0.1, -0.05) is 12.1 Å². The van der Waals surface area contributed by atoms with Crippen LogP contribution in [0.4, 0.5) is 5.69 Å². The molecule has 1 fully saturated rings. The SMILES string of the molecule is I.O=[N+]([O-])c1ccc(CN=C(NCc2ccco2)NCC2CCCCO2)cc1. The summed E-state index contributed by atoms with van der Waals surface area (Å²) in [6.45, 7) is 2.42. The number of nitrogens with one attached hydrogen (secondary N) is 2. The number of rotatable bonds is 7. The molecule has 0 amide bonds. The Morgan fingerprint density at radius 2 is 2.04 bits per heavy atom. The zero-order valence-electron chi connectivity index (χ0n) is 15.5. The summed E-state index contributed by atoms with van der Waals surface area (Å²) in [7, 11) is 0. The molecule has 152 valence electrons. The molecule has 1 aromatic carbocycles. The van der Waals surface area contributed by atoms with Crippen LogP contribution < -0.4 is 10.6 Å². The Balaban J connectivity index is 0.00000280. The van der Waals surface area contributed by atoms with Gasteiger partial charge in [0, 0.05) is 25.3 Å². The van der Waals surface area contributed by atoms with Gasteiger partial charge in [-0.05, 0) is 37.0 Å². The van der Waals surface area contributed by atoms with Crippen molar-refractivity contribution in [3.8, 4) is 0 Å². The van der Waals surface area contributed by atoms with E-state index in [0.29, 0.717) is 25.6 Å². The number of hydrogen-bond acceptors (Lipinski definition) is 5. The van der Waals surface area contributed by atoms with Gasteiger partial charge in [-0.25, -0.2) is 4.99 Å². The van der Waals surface area contributed by atoms with E-state index in [1.807, 2.05) is 12.1 Å². The van der Waals surface area contributed by atoms with Gasteiger partial charge in [0.2, 0.25) is 0 Å². The molecule has 2 heterocycles. The normalized spacial score (nSPS) is 16.9. The van der Waals surface area contributed by atoms with Crippen LogP contribution in [-0.2, 0) is 17.8 Å². The van der Waals surface area contributed by atoms with Gasteiger partial charge >= 0.3 is 0 Å². The molecule has 0 spiro atoms. The number of nitro groups is 1. The molecule has 1 aromatic heterocycles. The van der Waals surface area contributed by atoms with E-state index in [2.05, 4.69) is 15.6 Å². The van der Waals surface area contributed by atoms with Crippen LogP contribution in [0.3, 0.4) is 0 Å². The predicted molar refractivity (Wildman–Crippen MR) is 117 cm³/mol. The van der Waals surface area contributed by atoms with E-state index in [1.54, 1.807) is 18.4 Å². The highest BCUT2D eigenvalue weighted by Gasteiger charge is 2.14. The van der Waals surface area contributed by atoms with E-state index in [1.165, 1.54) is 18.6 Å². The Morgan fingerprint density at radius 1 is 1.21 bits per heavy atom. The highest BCUT2D eigenvalue weighted by Crippen LogP contribution is 2.13. The first-order valence-corrected chi connectivity index (χ1v) is 9.10. The van der Waals surface area contributed by atoms with Crippen molar-refractivity contribution in [1.29, 1.82) is 0 Å². The fourth-order valence-corrected chi connectivity index (χ4v) is 2.83. The van der Waals surface area contributed by atoms with Crippen LogP contribution in [0.1, 0.15) is 30.6 Å². The molecule has 1 unspecified atom stereocenters. The van der Waals surface area contributed by atoms with Crippen molar-refractivity contribution >= 4 is 35.6 Å². The minimum atomic E-state index is -0.408. The third-order valence-electron chi connectivity index (χ3n) is 4.35. The predicted octanol–water partition coefficient (Wildman–Crippen LogP) is 3.61. The second-order valence-electron chi connectivity index (χ2n) is 6.39. The molecule has 0 bridgehead atoms. The molecule has 1 aliphatic heterocycles. The van der Waals surface area contributed by atoms with E-state index >= 15 is 0 Å². The molecule has 2 N–H and O–H groups in total. The standard InChI is InChI=1S/C19H24N4O4.HI/c24-23(25)16-8-6-15(7-9-16)12-20-19(22-14-18-5-3-11-27-18)21-13-17-4-1-2-10-26-17;/h3,5-9,11,17H,1-2,4,10,12-14H2,(H2,20,21,22);1H. The van der Waals surface area contributed by atoms with Gasteiger partial charge in [0.15, 0.2) is 5.96 Å². The van der Waals surface area contributed by atoms with Gasteiger partial charge in [-0.3, -0.25) is 10.1 Å². The first-order valence-electron chi connectivity index (χ1n) is 9.10. The van der Waals surface area contributed by atoms with Gasteiger partial charge in [0.25, 0.3) is 5.69 Å². The molecular weight excluding hydrogens is 475 g/mol. The highest BCUT2D eigenvalue weighted by atomic mass is 127. The van der Waals surface area contributed by atoms with Crippen LogP contribution in [0.15, 0.2) is 52.1 Å². The van der Waals surface area contributed by atoms with Crippen LogP contribution in [0.2, 0.25) is 0 Å². The first-order chi connectivity index (χ1) is 13.2. The lowest BCUT2D eigenvalue weighted by Crippen LogP contribution is -2.42. The van der Waals surface area contributed by atoms with Crippen molar-refractivity contribution in [2.75, 3.05) is 13.2 Å². The van der Waals surface area contributed by atoms with Crippen LogP contribution in [0.5, 0.6) is 0 Å². The molecule has 1 atom stereocenters. The molecule has 9 heteroatoms. The zero-order chi connectivity index (χ0) is 18.9. The summed E-state index contributed by atoms with van der Waals surface area (Å²) in [5.41, 5.74) is 0.972. The van der Waals surface area contributed by atoms with E-state index in [0.717, 1.165) is 30.8 Å². The number of benzene rings is 1. The Bertz CT molecular complexity index is 744. The van der Waals surface area contributed by atoms with Gasteiger partial charge < -0.3 is 19.8 Å². The van der Waals surface area contributed by atoms with Crippen LogP contribution in [-0.4, -0.2) is 30.1 Å². The maximum atomic E-state index is 10.7. The van der Waals surface area contributed by atoms with Crippen molar-refractivity contribution in [2.24, 2.45) is 4.99 Å². The molecule has 3 rings (SSSR count). The second kappa shape index (κ2) is 11.6. The van der Waals surface area contributed by atoms with E-state index in [-0.39, 0.29) is 35.8 Å². The lowest BCUT2D eigenvalue weighted by Gasteiger charge is -2.23. The van der Waals surface area contributed by atoms with E-state index in [9.17, 15) is 10.1 Å². The minimum Gasteiger partial charge on any atom is -0.467 e. The van der Waals surface area contributed by atoms with Crippen molar-refractivity contribution in [3.05, 3.63) is 64.1 Å². The highest BCUT2D eigenvalue weighted by molar-refractivity contribution is 14.0. The maximum absolute atomic E-state index is 10.7. The first kappa shape index (κ1) is 22.2. The summed E-state index contributed by atoms with van der Waals surface area (Å²) < 4.78 is 11.1. The smallest absolute Gasteiger partial charge is 0.269 e. The monoisotopic (exact) mass is 500 g/mol. The number of guanidine groups is 1. The molecular formula is C19H25IN4O4. The molecule has 1 aliphatic rings. The fourth-order valence-electron chi connectivity index (χ4n) is 2.83. The topological polar surface area (TPSA) is 102 Å². The number of nitrogens with zero attached hydrogens (tertiary/aromatic N) is 2. The largest absolute Gasteiger partial charge is 0.467 e. The van der Waals surface area contributed by atoms with Gasteiger partial charge in [0.05, 0.1) is 30.4 Å². The maximum Gasteiger partial charge on any atom is 0.269 e. The Kier molecular flexibility index (Phi) is 9.21. The summed E-state index contributed by atoms with van der Waals surface area (Å²) in [5, 5.41) is 17.3. The summed E-state index contributed by atoms with van der Waals surface area (Å²) in [4.78, 5) is 14.9. The number of hydrogen-bond donors (Lipinski definition) is 2. The zero-order valence-corrected chi connectivity index (χ0v) is 17.8. The third kappa shape index (κ3) is 7.12. The molecule has 1 saturated heterocycles. The lowest BCUT2D eigenvalue weighted by molar-refractivity contribution is -0.384. The van der Waals surface area contributed by atoms with Crippen molar-refractivity contribution in [1.82, 2.24) is 10.6 Å². The van der Waals surface area contributed by atoms with Crippen molar-refractivity contribution in [2.45, 2.75) is 38.5 Å². The number of furan rings is 1. The Hall–Kier alpha value is -2.14. The number of ether oxygens (including phenoxy) is 1. The average Bonchev–Trinajstić information content (AvgIpc) is 3.22. The molecule has 28 heavy (non-hydrogen) atoms. The molecule has 2 aromatic rings. The van der Waals surface area contributed by atoms with Crippen LogP contribution >= 0.6 is 24.0 Å². The quantitative estimate of drug-likeness (QED) is 0.198.